The first kappa shape index (κ1) is 11.2. The number of esters is 1. The van der Waals surface area contributed by atoms with Crippen LogP contribution in [0.25, 0.3) is 0 Å². The Morgan fingerprint density at radius 2 is 2.21 bits per heavy atom. The van der Waals surface area contributed by atoms with Crippen molar-refractivity contribution in [3.8, 4) is 0 Å². The highest BCUT2D eigenvalue weighted by Gasteiger charge is 2.28. The van der Waals surface area contributed by atoms with Crippen LogP contribution in [0.1, 0.15) is 39.0 Å². The van der Waals surface area contributed by atoms with Gasteiger partial charge in [-0.15, -0.1) is 0 Å². The van der Waals surface area contributed by atoms with Crippen LogP contribution in [0.15, 0.2) is 0 Å². The highest BCUT2D eigenvalue weighted by Crippen LogP contribution is 2.28. The molecular formula is C11H18O3. The lowest BCUT2D eigenvalue weighted by Crippen LogP contribution is -2.27. The molecule has 0 N–H and O–H groups in total. The third-order valence-corrected chi connectivity index (χ3v) is 3.00. The number of rotatable bonds is 3. The van der Waals surface area contributed by atoms with Crippen molar-refractivity contribution in [2.75, 3.05) is 7.11 Å². The SMILES string of the molecule is COC(=O)CC[C@@H]1CCC[C@@H](C)C1=O. The van der Waals surface area contributed by atoms with Gasteiger partial charge in [0, 0.05) is 18.3 Å². The zero-order valence-electron chi connectivity index (χ0n) is 8.91. The van der Waals surface area contributed by atoms with Crippen LogP contribution in [0.4, 0.5) is 0 Å². The third kappa shape index (κ3) is 2.82. The van der Waals surface area contributed by atoms with Crippen LogP contribution in [0.5, 0.6) is 0 Å². The fourth-order valence-corrected chi connectivity index (χ4v) is 2.04. The summed E-state index contributed by atoms with van der Waals surface area (Å²) in [6.45, 7) is 1.98. The summed E-state index contributed by atoms with van der Waals surface area (Å²) in [4.78, 5) is 22.6. The number of hydrogen-bond acceptors (Lipinski definition) is 3. The van der Waals surface area contributed by atoms with Crippen LogP contribution in [0.3, 0.4) is 0 Å². The highest BCUT2D eigenvalue weighted by atomic mass is 16.5. The maximum atomic E-state index is 11.7. The summed E-state index contributed by atoms with van der Waals surface area (Å²) in [5, 5.41) is 0. The Morgan fingerprint density at radius 3 is 2.86 bits per heavy atom. The average Bonchev–Trinajstić information content (AvgIpc) is 2.20. The molecule has 3 nitrogen and oxygen atoms in total. The smallest absolute Gasteiger partial charge is 0.305 e. The summed E-state index contributed by atoms with van der Waals surface area (Å²) in [6, 6.07) is 0. The maximum Gasteiger partial charge on any atom is 0.305 e. The molecule has 0 aromatic heterocycles. The van der Waals surface area contributed by atoms with Gasteiger partial charge in [0.05, 0.1) is 7.11 Å². The van der Waals surface area contributed by atoms with Crippen LogP contribution in [0.2, 0.25) is 0 Å². The molecule has 0 spiro atoms. The van der Waals surface area contributed by atoms with E-state index >= 15 is 0 Å². The van der Waals surface area contributed by atoms with Crippen molar-refractivity contribution in [1.82, 2.24) is 0 Å². The first-order valence-corrected chi connectivity index (χ1v) is 5.25. The van der Waals surface area contributed by atoms with Crippen molar-refractivity contribution in [2.45, 2.75) is 39.0 Å². The van der Waals surface area contributed by atoms with Gasteiger partial charge < -0.3 is 4.74 Å². The Labute approximate surface area is 84.8 Å². The minimum Gasteiger partial charge on any atom is -0.469 e. The molecule has 0 saturated heterocycles. The molecule has 0 aromatic rings. The summed E-state index contributed by atoms with van der Waals surface area (Å²) in [5.74, 6) is 0.403. The zero-order chi connectivity index (χ0) is 10.6. The number of ether oxygens (including phenoxy) is 1. The number of ketones is 1. The molecule has 0 unspecified atom stereocenters. The summed E-state index contributed by atoms with van der Waals surface area (Å²) in [5.41, 5.74) is 0. The molecule has 0 bridgehead atoms. The molecular weight excluding hydrogens is 180 g/mol. The fraction of sp³-hybridized carbons (Fsp3) is 0.818. The largest absolute Gasteiger partial charge is 0.469 e. The number of carbonyl (C=O) groups is 2. The molecule has 0 aliphatic heterocycles. The number of carbonyl (C=O) groups excluding carboxylic acids is 2. The average molecular weight is 198 g/mol. The third-order valence-electron chi connectivity index (χ3n) is 3.00. The van der Waals surface area contributed by atoms with Crippen LogP contribution in [-0.2, 0) is 14.3 Å². The van der Waals surface area contributed by atoms with E-state index in [1.54, 1.807) is 0 Å². The molecule has 3 heteroatoms. The van der Waals surface area contributed by atoms with Crippen molar-refractivity contribution in [2.24, 2.45) is 11.8 Å². The quantitative estimate of drug-likeness (QED) is 0.651. The van der Waals surface area contributed by atoms with E-state index in [0.29, 0.717) is 18.6 Å². The van der Waals surface area contributed by atoms with Gasteiger partial charge in [-0.1, -0.05) is 13.3 Å². The number of methoxy groups -OCH3 is 1. The molecule has 2 atom stereocenters. The molecule has 0 amide bonds. The molecule has 1 fully saturated rings. The summed E-state index contributed by atoms with van der Waals surface area (Å²) in [7, 11) is 1.38. The Balaban J connectivity index is 2.36. The van der Waals surface area contributed by atoms with Gasteiger partial charge in [0.15, 0.2) is 0 Å². The van der Waals surface area contributed by atoms with Crippen LogP contribution < -0.4 is 0 Å². The fourth-order valence-electron chi connectivity index (χ4n) is 2.04. The number of Topliss-reactive ketones (excluding diaryl/α,β-unsaturated/α-hetero) is 1. The molecule has 1 aliphatic carbocycles. The Morgan fingerprint density at radius 1 is 1.50 bits per heavy atom. The molecule has 0 radical (unpaired) electrons. The summed E-state index contributed by atoms with van der Waals surface area (Å²) >= 11 is 0. The van der Waals surface area contributed by atoms with E-state index in [1.807, 2.05) is 6.92 Å². The second-order valence-corrected chi connectivity index (χ2v) is 4.05. The summed E-state index contributed by atoms with van der Waals surface area (Å²) in [6.07, 6.45) is 4.10. The topological polar surface area (TPSA) is 43.4 Å². The minimum atomic E-state index is -0.212. The van der Waals surface area contributed by atoms with Crippen LogP contribution in [-0.4, -0.2) is 18.9 Å². The molecule has 80 valence electrons. The van der Waals surface area contributed by atoms with Gasteiger partial charge in [0.25, 0.3) is 0 Å². The standard InChI is InChI=1S/C11H18O3/c1-8-4-3-5-9(11(8)13)6-7-10(12)14-2/h8-9H,3-7H2,1-2H3/t8-,9+/m1/s1. The molecule has 14 heavy (non-hydrogen) atoms. The molecule has 1 aliphatic rings. The van der Waals surface area contributed by atoms with E-state index in [-0.39, 0.29) is 17.8 Å². The lowest BCUT2D eigenvalue weighted by atomic mass is 9.79. The van der Waals surface area contributed by atoms with Gasteiger partial charge in [-0.25, -0.2) is 0 Å². The second-order valence-electron chi connectivity index (χ2n) is 4.05. The Hall–Kier alpha value is -0.860. The van der Waals surface area contributed by atoms with Gasteiger partial charge in [-0.2, -0.15) is 0 Å². The normalized spacial score (nSPS) is 27.4. The molecule has 0 heterocycles. The first-order valence-electron chi connectivity index (χ1n) is 5.25. The predicted molar refractivity (Wildman–Crippen MR) is 52.8 cm³/mol. The van der Waals surface area contributed by atoms with E-state index in [0.717, 1.165) is 19.3 Å². The van der Waals surface area contributed by atoms with Crippen molar-refractivity contribution >= 4 is 11.8 Å². The first-order chi connectivity index (χ1) is 6.65. The molecule has 1 rings (SSSR count). The van der Waals surface area contributed by atoms with Gasteiger partial charge in [0.2, 0.25) is 0 Å². The van der Waals surface area contributed by atoms with Gasteiger partial charge in [0.1, 0.15) is 5.78 Å². The van der Waals surface area contributed by atoms with Crippen LogP contribution >= 0.6 is 0 Å². The summed E-state index contributed by atoms with van der Waals surface area (Å²) < 4.78 is 4.55. The lowest BCUT2D eigenvalue weighted by Gasteiger charge is -2.24. The van der Waals surface area contributed by atoms with Crippen molar-refractivity contribution in [3.05, 3.63) is 0 Å². The van der Waals surface area contributed by atoms with E-state index in [4.69, 9.17) is 0 Å². The van der Waals surface area contributed by atoms with Crippen molar-refractivity contribution < 1.29 is 14.3 Å². The van der Waals surface area contributed by atoms with Crippen molar-refractivity contribution in [3.63, 3.8) is 0 Å². The Kier molecular flexibility index (Phi) is 4.11. The molecule has 1 saturated carbocycles. The van der Waals surface area contributed by atoms with E-state index in [1.165, 1.54) is 7.11 Å². The van der Waals surface area contributed by atoms with Gasteiger partial charge >= 0.3 is 5.97 Å². The van der Waals surface area contributed by atoms with Gasteiger partial charge in [-0.05, 0) is 19.3 Å². The monoisotopic (exact) mass is 198 g/mol. The maximum absolute atomic E-state index is 11.7. The Bertz CT molecular complexity index is 223. The van der Waals surface area contributed by atoms with E-state index < -0.39 is 0 Å². The highest BCUT2D eigenvalue weighted by molar-refractivity contribution is 5.84. The van der Waals surface area contributed by atoms with Gasteiger partial charge in [-0.3, -0.25) is 9.59 Å². The lowest BCUT2D eigenvalue weighted by molar-refractivity contribution is -0.141. The zero-order valence-corrected chi connectivity index (χ0v) is 8.91. The van der Waals surface area contributed by atoms with Crippen LogP contribution in [0, 0.1) is 11.8 Å². The predicted octanol–water partition coefficient (Wildman–Crippen LogP) is 1.94. The molecule has 0 aromatic carbocycles. The van der Waals surface area contributed by atoms with E-state index in [2.05, 4.69) is 4.74 Å². The number of hydrogen-bond donors (Lipinski definition) is 0. The van der Waals surface area contributed by atoms with Crippen molar-refractivity contribution in [1.29, 1.82) is 0 Å². The van der Waals surface area contributed by atoms with E-state index in [9.17, 15) is 9.59 Å². The minimum absolute atomic E-state index is 0.0952. The second kappa shape index (κ2) is 5.13.